The summed E-state index contributed by atoms with van der Waals surface area (Å²) in [5.74, 6) is -2.01. The van der Waals surface area contributed by atoms with Gasteiger partial charge in [0.1, 0.15) is 0 Å². The number of aldehydes is 1. The highest BCUT2D eigenvalue weighted by atomic mass is 19.1. The third-order valence-electron chi connectivity index (χ3n) is 1.99. The predicted molar refractivity (Wildman–Crippen MR) is 52.5 cm³/mol. The molecule has 5 heteroatoms. The molecular weight excluding hydrogens is 201 g/mol. The van der Waals surface area contributed by atoms with Crippen LogP contribution in [0.5, 0.6) is 5.75 Å². The maximum Gasteiger partial charge on any atom is 0.221 e. The number of aromatic hydroxyl groups is 1. The average molecular weight is 211 g/mol. The molecule has 1 aromatic rings. The first-order chi connectivity index (χ1) is 6.97. The molecule has 80 valence electrons. The molecule has 0 unspecified atom stereocenters. The Balaban J connectivity index is 3.36. The molecule has 0 heterocycles. The van der Waals surface area contributed by atoms with Crippen molar-refractivity contribution < 1.29 is 19.1 Å². The van der Waals surface area contributed by atoms with E-state index >= 15 is 0 Å². The molecule has 0 fully saturated rings. The number of phenols is 1. The van der Waals surface area contributed by atoms with Gasteiger partial charge in [-0.05, 0) is 12.5 Å². The lowest BCUT2D eigenvalue weighted by molar-refractivity contribution is -0.114. The first-order valence-electron chi connectivity index (χ1n) is 4.22. The van der Waals surface area contributed by atoms with E-state index in [-0.39, 0.29) is 17.2 Å². The topological polar surface area (TPSA) is 66.4 Å². The SMILES string of the molecule is CC(=O)Nc1cc(F)c(O)c(C=O)c1C. The molecule has 1 amide bonds. The second-order valence-electron chi connectivity index (χ2n) is 3.09. The van der Waals surface area contributed by atoms with Crippen LogP contribution in [0, 0.1) is 12.7 Å². The van der Waals surface area contributed by atoms with E-state index in [9.17, 15) is 19.1 Å². The Kier molecular flexibility index (Phi) is 3.04. The van der Waals surface area contributed by atoms with Crippen LogP contribution >= 0.6 is 0 Å². The highest BCUT2D eigenvalue weighted by Crippen LogP contribution is 2.29. The number of hydrogen-bond acceptors (Lipinski definition) is 3. The summed E-state index contributed by atoms with van der Waals surface area (Å²) in [6.07, 6.45) is 0.346. The molecule has 0 aliphatic heterocycles. The van der Waals surface area contributed by atoms with Crippen LogP contribution in [0.25, 0.3) is 0 Å². The minimum atomic E-state index is -0.938. The highest BCUT2D eigenvalue weighted by Gasteiger charge is 2.14. The number of halogens is 1. The third-order valence-corrected chi connectivity index (χ3v) is 1.99. The highest BCUT2D eigenvalue weighted by molar-refractivity contribution is 5.93. The molecule has 0 bridgehead atoms. The standard InChI is InChI=1S/C10H10FNO3/c1-5-7(4-13)10(15)8(11)3-9(5)12-6(2)14/h3-4,15H,1-2H3,(H,12,14). The number of amides is 1. The van der Waals surface area contributed by atoms with Crippen molar-refractivity contribution in [3.8, 4) is 5.75 Å². The zero-order chi connectivity index (χ0) is 11.6. The monoisotopic (exact) mass is 211 g/mol. The summed E-state index contributed by atoms with van der Waals surface area (Å²) in [4.78, 5) is 21.4. The first-order valence-corrected chi connectivity index (χ1v) is 4.22. The third kappa shape index (κ3) is 2.12. The van der Waals surface area contributed by atoms with Crippen LogP contribution in [-0.2, 0) is 4.79 Å². The largest absolute Gasteiger partial charge is 0.504 e. The van der Waals surface area contributed by atoms with E-state index in [0.29, 0.717) is 11.8 Å². The number of benzene rings is 1. The van der Waals surface area contributed by atoms with Crippen LogP contribution < -0.4 is 5.32 Å². The van der Waals surface area contributed by atoms with Gasteiger partial charge in [-0.25, -0.2) is 4.39 Å². The van der Waals surface area contributed by atoms with Crippen LogP contribution in [-0.4, -0.2) is 17.3 Å². The fourth-order valence-corrected chi connectivity index (χ4v) is 1.22. The normalized spacial score (nSPS) is 9.80. The lowest BCUT2D eigenvalue weighted by Gasteiger charge is -2.10. The number of nitrogens with one attached hydrogen (secondary N) is 1. The van der Waals surface area contributed by atoms with Gasteiger partial charge >= 0.3 is 0 Å². The molecule has 0 aliphatic carbocycles. The van der Waals surface area contributed by atoms with Crippen molar-refractivity contribution >= 4 is 17.9 Å². The van der Waals surface area contributed by atoms with Gasteiger partial charge in [-0.15, -0.1) is 0 Å². The van der Waals surface area contributed by atoms with E-state index in [2.05, 4.69) is 5.32 Å². The average Bonchev–Trinajstić information content (AvgIpc) is 2.14. The van der Waals surface area contributed by atoms with E-state index in [1.54, 1.807) is 0 Å². The molecule has 4 nitrogen and oxygen atoms in total. The van der Waals surface area contributed by atoms with Gasteiger partial charge in [0.2, 0.25) is 5.91 Å². The summed E-state index contributed by atoms with van der Waals surface area (Å²) in [6, 6.07) is 0.971. The lowest BCUT2D eigenvalue weighted by atomic mass is 10.1. The number of phenolic OH excluding ortho intramolecular Hbond substituents is 1. The van der Waals surface area contributed by atoms with E-state index < -0.39 is 11.6 Å². The second kappa shape index (κ2) is 4.08. The van der Waals surface area contributed by atoms with Gasteiger partial charge in [0.05, 0.1) is 5.56 Å². The van der Waals surface area contributed by atoms with Gasteiger partial charge < -0.3 is 10.4 Å². The molecule has 0 radical (unpaired) electrons. The van der Waals surface area contributed by atoms with Gasteiger partial charge in [0.25, 0.3) is 0 Å². The van der Waals surface area contributed by atoms with Crippen molar-refractivity contribution in [3.05, 3.63) is 23.0 Å². The summed E-state index contributed by atoms with van der Waals surface area (Å²) >= 11 is 0. The number of anilines is 1. The first kappa shape index (κ1) is 11.2. The van der Waals surface area contributed by atoms with Crippen molar-refractivity contribution in [2.45, 2.75) is 13.8 Å². The Hall–Kier alpha value is -1.91. The molecule has 0 spiro atoms. The Bertz CT molecular complexity index is 429. The van der Waals surface area contributed by atoms with Crippen LogP contribution in [0.3, 0.4) is 0 Å². The molecular formula is C10H10FNO3. The Morgan fingerprint density at radius 2 is 2.20 bits per heavy atom. The van der Waals surface area contributed by atoms with Crippen molar-refractivity contribution in [2.75, 3.05) is 5.32 Å². The quantitative estimate of drug-likeness (QED) is 0.577. The fraction of sp³-hybridized carbons (Fsp3) is 0.200. The molecule has 0 saturated heterocycles. The fourth-order valence-electron chi connectivity index (χ4n) is 1.22. The maximum atomic E-state index is 13.1. The second-order valence-corrected chi connectivity index (χ2v) is 3.09. The summed E-state index contributed by atoms with van der Waals surface area (Å²) < 4.78 is 13.1. The van der Waals surface area contributed by atoms with Gasteiger partial charge in [-0.1, -0.05) is 0 Å². The molecule has 0 saturated carbocycles. The van der Waals surface area contributed by atoms with E-state index in [1.807, 2.05) is 0 Å². The lowest BCUT2D eigenvalue weighted by Crippen LogP contribution is -2.09. The zero-order valence-electron chi connectivity index (χ0n) is 8.30. The number of rotatable bonds is 2. The van der Waals surface area contributed by atoms with Crippen LogP contribution in [0.2, 0.25) is 0 Å². The molecule has 1 aromatic carbocycles. The Morgan fingerprint density at radius 1 is 1.60 bits per heavy atom. The molecule has 0 atom stereocenters. The van der Waals surface area contributed by atoms with Crippen molar-refractivity contribution in [3.63, 3.8) is 0 Å². The zero-order valence-corrected chi connectivity index (χ0v) is 8.30. The van der Waals surface area contributed by atoms with Crippen molar-refractivity contribution in [1.29, 1.82) is 0 Å². The van der Waals surface area contributed by atoms with Gasteiger partial charge in [-0.2, -0.15) is 0 Å². The summed E-state index contributed by atoms with van der Waals surface area (Å²) in [5.41, 5.74) is 0.359. The van der Waals surface area contributed by atoms with E-state index in [0.717, 1.165) is 6.07 Å². The smallest absolute Gasteiger partial charge is 0.221 e. The Morgan fingerprint density at radius 3 is 2.67 bits per heavy atom. The number of carbonyl (C=O) groups excluding carboxylic acids is 2. The molecule has 15 heavy (non-hydrogen) atoms. The number of hydrogen-bond donors (Lipinski definition) is 2. The summed E-state index contributed by atoms with van der Waals surface area (Å²) in [5, 5.41) is 11.6. The minimum absolute atomic E-state index is 0.154. The number of carbonyl (C=O) groups is 2. The maximum absolute atomic E-state index is 13.1. The van der Waals surface area contributed by atoms with E-state index in [1.165, 1.54) is 13.8 Å². The summed E-state index contributed by atoms with van der Waals surface area (Å²) in [6.45, 7) is 2.78. The molecule has 0 aliphatic rings. The van der Waals surface area contributed by atoms with Gasteiger partial charge in [0, 0.05) is 18.7 Å². The predicted octanol–water partition coefficient (Wildman–Crippen LogP) is 1.61. The summed E-state index contributed by atoms with van der Waals surface area (Å²) in [7, 11) is 0. The molecule has 0 aromatic heterocycles. The minimum Gasteiger partial charge on any atom is -0.504 e. The van der Waals surface area contributed by atoms with Gasteiger partial charge in [0.15, 0.2) is 17.9 Å². The van der Waals surface area contributed by atoms with Gasteiger partial charge in [-0.3, -0.25) is 9.59 Å². The Labute approximate surface area is 85.7 Å². The van der Waals surface area contributed by atoms with Crippen LogP contribution in [0.1, 0.15) is 22.8 Å². The van der Waals surface area contributed by atoms with Crippen LogP contribution in [0.4, 0.5) is 10.1 Å². The van der Waals surface area contributed by atoms with E-state index in [4.69, 9.17) is 0 Å². The molecule has 2 N–H and O–H groups in total. The van der Waals surface area contributed by atoms with Crippen molar-refractivity contribution in [2.24, 2.45) is 0 Å². The van der Waals surface area contributed by atoms with Crippen molar-refractivity contribution in [1.82, 2.24) is 0 Å². The molecule has 1 rings (SSSR count). The van der Waals surface area contributed by atoms with Crippen LogP contribution in [0.15, 0.2) is 6.07 Å².